The second-order valence-corrected chi connectivity index (χ2v) is 6.22. The molecule has 7 heteroatoms. The van der Waals surface area contributed by atoms with Crippen LogP contribution in [0.1, 0.15) is 26.3 Å². The Bertz CT molecular complexity index is 804. The first-order valence-electron chi connectivity index (χ1n) is 7.94. The maximum Gasteiger partial charge on any atom is 0.257 e. The van der Waals surface area contributed by atoms with Gasteiger partial charge in [-0.05, 0) is 30.7 Å². The Labute approximate surface area is 150 Å². The van der Waals surface area contributed by atoms with Crippen LogP contribution >= 0.6 is 11.6 Å². The number of pyridine rings is 1. The molecule has 0 bridgehead atoms. The molecule has 0 radical (unpaired) electrons. The minimum atomic E-state index is -0.338. The average molecular weight is 360 g/mol. The van der Waals surface area contributed by atoms with Crippen LogP contribution in [-0.4, -0.2) is 48.0 Å². The first kappa shape index (κ1) is 17.4. The Hall–Kier alpha value is -2.44. The van der Waals surface area contributed by atoms with E-state index >= 15 is 0 Å². The number of anilines is 1. The Balaban J connectivity index is 1.77. The van der Waals surface area contributed by atoms with Gasteiger partial charge in [-0.25, -0.2) is 0 Å². The Morgan fingerprint density at radius 1 is 1.16 bits per heavy atom. The van der Waals surface area contributed by atoms with Gasteiger partial charge in [0.2, 0.25) is 0 Å². The summed E-state index contributed by atoms with van der Waals surface area (Å²) in [4.78, 5) is 30.7. The lowest BCUT2D eigenvalue weighted by atomic mass is 10.1. The Morgan fingerprint density at radius 2 is 1.88 bits per heavy atom. The van der Waals surface area contributed by atoms with E-state index in [1.54, 1.807) is 23.1 Å². The molecule has 1 fully saturated rings. The monoisotopic (exact) mass is 359 g/mol. The lowest BCUT2D eigenvalue weighted by Gasteiger charge is -2.26. The molecule has 0 saturated carbocycles. The molecule has 0 aliphatic carbocycles. The molecule has 0 spiro atoms. The number of morpholine rings is 1. The topological polar surface area (TPSA) is 71.5 Å². The summed E-state index contributed by atoms with van der Waals surface area (Å²) in [7, 11) is 0. The molecule has 1 aromatic carbocycles. The van der Waals surface area contributed by atoms with Crippen LogP contribution in [0.25, 0.3) is 0 Å². The van der Waals surface area contributed by atoms with Crippen LogP contribution in [0.3, 0.4) is 0 Å². The number of aromatic nitrogens is 1. The molecule has 130 valence electrons. The number of hydrogen-bond donors (Lipinski definition) is 1. The highest BCUT2D eigenvalue weighted by Crippen LogP contribution is 2.21. The van der Waals surface area contributed by atoms with Crippen molar-refractivity contribution in [2.45, 2.75) is 6.92 Å². The van der Waals surface area contributed by atoms with Crippen molar-refractivity contribution in [1.29, 1.82) is 0 Å². The highest BCUT2D eigenvalue weighted by Gasteiger charge is 2.20. The summed E-state index contributed by atoms with van der Waals surface area (Å²) < 4.78 is 5.25. The summed E-state index contributed by atoms with van der Waals surface area (Å²) in [5, 5.41) is 3.34. The molecule has 2 aromatic rings. The number of nitrogens with one attached hydrogen (secondary N) is 1. The highest BCUT2D eigenvalue weighted by molar-refractivity contribution is 6.31. The molecule has 0 unspecified atom stereocenters. The molecule has 2 amide bonds. The van der Waals surface area contributed by atoms with Gasteiger partial charge in [0.15, 0.2) is 0 Å². The molecule has 3 rings (SSSR count). The number of rotatable bonds is 3. The second-order valence-electron chi connectivity index (χ2n) is 5.78. The van der Waals surface area contributed by atoms with Crippen molar-refractivity contribution in [3.63, 3.8) is 0 Å². The fraction of sp³-hybridized carbons (Fsp3) is 0.278. The van der Waals surface area contributed by atoms with E-state index in [-0.39, 0.29) is 11.8 Å². The summed E-state index contributed by atoms with van der Waals surface area (Å²) in [5.41, 5.74) is 2.23. The van der Waals surface area contributed by atoms with Crippen LogP contribution in [0.15, 0.2) is 36.7 Å². The number of carbonyl (C=O) groups excluding carboxylic acids is 2. The summed E-state index contributed by atoms with van der Waals surface area (Å²) in [6.45, 7) is 4.00. The third-order valence-corrected chi connectivity index (χ3v) is 4.23. The molecular weight excluding hydrogens is 342 g/mol. The number of ether oxygens (including phenoxy) is 1. The van der Waals surface area contributed by atoms with Crippen LogP contribution in [0.2, 0.25) is 5.02 Å². The van der Waals surface area contributed by atoms with Gasteiger partial charge in [-0.3, -0.25) is 14.6 Å². The maximum atomic E-state index is 12.5. The van der Waals surface area contributed by atoms with Crippen molar-refractivity contribution >= 4 is 29.1 Å². The van der Waals surface area contributed by atoms with Crippen LogP contribution in [0, 0.1) is 6.92 Å². The van der Waals surface area contributed by atoms with Crippen LogP contribution < -0.4 is 5.32 Å². The third kappa shape index (κ3) is 4.15. The molecule has 1 aromatic heterocycles. The molecule has 1 aliphatic rings. The van der Waals surface area contributed by atoms with Gasteiger partial charge in [0.05, 0.1) is 24.3 Å². The zero-order valence-corrected chi connectivity index (χ0v) is 14.5. The zero-order chi connectivity index (χ0) is 17.8. The quantitative estimate of drug-likeness (QED) is 0.914. The average Bonchev–Trinajstić information content (AvgIpc) is 2.65. The van der Waals surface area contributed by atoms with Crippen LogP contribution in [-0.2, 0) is 4.74 Å². The summed E-state index contributed by atoms with van der Waals surface area (Å²) in [6, 6.07) is 6.83. The fourth-order valence-electron chi connectivity index (χ4n) is 2.55. The number of amides is 2. The molecule has 1 N–H and O–H groups in total. The molecule has 25 heavy (non-hydrogen) atoms. The molecule has 0 atom stereocenters. The van der Waals surface area contributed by atoms with E-state index < -0.39 is 0 Å². The first-order chi connectivity index (χ1) is 12.0. The Kier molecular flexibility index (Phi) is 5.31. The van der Waals surface area contributed by atoms with Crippen molar-refractivity contribution < 1.29 is 14.3 Å². The molecule has 6 nitrogen and oxygen atoms in total. The number of nitrogens with zero attached hydrogens (tertiary/aromatic N) is 2. The van der Waals surface area contributed by atoms with E-state index in [0.29, 0.717) is 48.1 Å². The van der Waals surface area contributed by atoms with Crippen molar-refractivity contribution in [1.82, 2.24) is 9.88 Å². The van der Waals surface area contributed by atoms with Gasteiger partial charge in [-0.15, -0.1) is 0 Å². The predicted octanol–water partition coefficient (Wildman–Crippen LogP) is 2.77. The smallest absolute Gasteiger partial charge is 0.257 e. The van der Waals surface area contributed by atoms with Gasteiger partial charge in [-0.1, -0.05) is 17.7 Å². The SMILES string of the molecule is Cc1ccc(Cl)cc1NC(=O)c1cncc(C(=O)N2CCOCC2)c1. The maximum absolute atomic E-state index is 12.5. The van der Waals surface area contributed by atoms with E-state index in [0.717, 1.165) is 5.56 Å². The Morgan fingerprint density at radius 3 is 2.64 bits per heavy atom. The van der Waals surface area contributed by atoms with E-state index in [9.17, 15) is 9.59 Å². The molecule has 2 heterocycles. The molecular formula is C18H18ClN3O3. The summed E-state index contributed by atoms with van der Waals surface area (Å²) in [5.74, 6) is -0.487. The van der Waals surface area contributed by atoms with Crippen molar-refractivity contribution in [3.05, 3.63) is 58.4 Å². The number of carbonyl (C=O) groups is 2. The normalized spacial score (nSPS) is 14.2. The van der Waals surface area contributed by atoms with Crippen molar-refractivity contribution in [2.24, 2.45) is 0 Å². The lowest BCUT2D eigenvalue weighted by molar-refractivity contribution is 0.0302. The van der Waals surface area contributed by atoms with Gasteiger partial charge < -0.3 is 15.0 Å². The standard InChI is InChI=1S/C18H18ClN3O3/c1-12-2-3-15(19)9-16(12)21-17(23)13-8-14(11-20-10-13)18(24)22-4-6-25-7-5-22/h2-3,8-11H,4-7H2,1H3,(H,21,23). The fourth-order valence-corrected chi connectivity index (χ4v) is 2.73. The van der Waals surface area contributed by atoms with Crippen molar-refractivity contribution in [3.8, 4) is 0 Å². The lowest BCUT2D eigenvalue weighted by Crippen LogP contribution is -2.40. The minimum Gasteiger partial charge on any atom is -0.378 e. The van der Waals surface area contributed by atoms with Gasteiger partial charge in [0.1, 0.15) is 0 Å². The van der Waals surface area contributed by atoms with Crippen molar-refractivity contribution in [2.75, 3.05) is 31.6 Å². The molecule has 1 aliphatic heterocycles. The summed E-state index contributed by atoms with van der Waals surface area (Å²) in [6.07, 6.45) is 2.91. The number of aryl methyl sites for hydroxylation is 1. The van der Waals surface area contributed by atoms with E-state index in [2.05, 4.69) is 10.3 Å². The first-order valence-corrected chi connectivity index (χ1v) is 8.32. The van der Waals surface area contributed by atoms with E-state index in [1.165, 1.54) is 12.4 Å². The largest absolute Gasteiger partial charge is 0.378 e. The molecule has 1 saturated heterocycles. The van der Waals surface area contributed by atoms with Gasteiger partial charge in [0.25, 0.3) is 11.8 Å². The van der Waals surface area contributed by atoms with Gasteiger partial charge in [-0.2, -0.15) is 0 Å². The zero-order valence-electron chi connectivity index (χ0n) is 13.8. The van der Waals surface area contributed by atoms with E-state index in [1.807, 2.05) is 13.0 Å². The van der Waals surface area contributed by atoms with Gasteiger partial charge >= 0.3 is 0 Å². The van der Waals surface area contributed by atoms with Crippen LogP contribution in [0.4, 0.5) is 5.69 Å². The second kappa shape index (κ2) is 7.63. The van der Waals surface area contributed by atoms with E-state index in [4.69, 9.17) is 16.3 Å². The number of benzene rings is 1. The summed E-state index contributed by atoms with van der Waals surface area (Å²) >= 11 is 5.98. The number of halogens is 1. The van der Waals surface area contributed by atoms with Gasteiger partial charge in [0, 0.05) is 36.2 Å². The third-order valence-electron chi connectivity index (χ3n) is 3.99. The highest BCUT2D eigenvalue weighted by atomic mass is 35.5. The van der Waals surface area contributed by atoms with Crippen LogP contribution in [0.5, 0.6) is 0 Å². The minimum absolute atomic E-state index is 0.149. The number of hydrogen-bond acceptors (Lipinski definition) is 4. The predicted molar refractivity (Wildman–Crippen MR) is 95.1 cm³/mol.